The summed E-state index contributed by atoms with van der Waals surface area (Å²) in [4.78, 5) is 2.69. The second kappa shape index (κ2) is 2.97. The third kappa shape index (κ3) is 1.55. The molecule has 0 unspecified atom stereocenters. The van der Waals surface area contributed by atoms with Gasteiger partial charge in [0.2, 0.25) is 0 Å². The summed E-state index contributed by atoms with van der Waals surface area (Å²) >= 11 is 2.89. The van der Waals surface area contributed by atoms with Crippen LogP contribution in [-0.2, 0) is 0 Å². The van der Waals surface area contributed by atoms with Crippen molar-refractivity contribution in [2.24, 2.45) is 0 Å². The van der Waals surface area contributed by atoms with Gasteiger partial charge in [0, 0.05) is 4.47 Å². The molecule has 0 N–H and O–H groups in total. The first-order chi connectivity index (χ1) is 5.15. The van der Waals surface area contributed by atoms with Gasteiger partial charge < -0.3 is 0 Å². The number of halogens is 3. The van der Waals surface area contributed by atoms with Gasteiger partial charge in [-0.1, -0.05) is 15.9 Å². The zero-order chi connectivity index (χ0) is 8.43. The summed E-state index contributed by atoms with van der Waals surface area (Å²) in [6.07, 6.45) is 0. The molecule has 0 radical (unpaired) electrons. The second-order valence-corrected chi connectivity index (χ2v) is 2.75. The predicted molar refractivity (Wildman–Crippen MR) is 40.3 cm³/mol. The maximum Gasteiger partial charge on any atom is 0.256 e. The van der Waals surface area contributed by atoms with E-state index in [1.165, 1.54) is 0 Å². The maximum absolute atomic E-state index is 12.6. The molecular formula is C7H2BrF2N. The Morgan fingerprint density at radius 2 is 1.73 bits per heavy atom. The quantitative estimate of drug-likeness (QED) is 0.588. The van der Waals surface area contributed by atoms with Gasteiger partial charge in [-0.25, -0.2) is 13.6 Å². The predicted octanol–water partition coefficient (Wildman–Crippen LogP) is 3.28. The standard InChI is InChI=1S/C7H2BrF2N/c1-11-7-5(9)2-4(8)3-6(7)10/h2-3H. The molecule has 0 bridgehead atoms. The van der Waals surface area contributed by atoms with Crippen LogP contribution in [0.3, 0.4) is 0 Å². The lowest BCUT2D eigenvalue weighted by atomic mass is 10.3. The molecule has 0 aliphatic carbocycles. The van der Waals surface area contributed by atoms with E-state index in [1.807, 2.05) is 0 Å². The minimum absolute atomic E-state index is 0.292. The van der Waals surface area contributed by atoms with Crippen LogP contribution >= 0.6 is 15.9 Å². The highest BCUT2D eigenvalue weighted by atomic mass is 79.9. The molecule has 0 aliphatic heterocycles. The summed E-state index contributed by atoms with van der Waals surface area (Å²) < 4.78 is 25.5. The maximum atomic E-state index is 12.6. The van der Waals surface area contributed by atoms with E-state index < -0.39 is 17.3 Å². The largest absolute Gasteiger partial charge is 0.256 e. The highest BCUT2D eigenvalue weighted by Crippen LogP contribution is 2.25. The second-order valence-electron chi connectivity index (χ2n) is 1.83. The monoisotopic (exact) mass is 217 g/mol. The lowest BCUT2D eigenvalue weighted by molar-refractivity contribution is 0.592. The van der Waals surface area contributed by atoms with Crippen LogP contribution in [0.4, 0.5) is 14.5 Å². The van der Waals surface area contributed by atoms with E-state index in [9.17, 15) is 8.78 Å². The topological polar surface area (TPSA) is 4.36 Å². The Morgan fingerprint density at radius 3 is 2.09 bits per heavy atom. The summed E-state index contributed by atoms with van der Waals surface area (Å²) in [6, 6.07) is 2.10. The van der Waals surface area contributed by atoms with Crippen LogP contribution in [0.5, 0.6) is 0 Å². The van der Waals surface area contributed by atoms with Crippen molar-refractivity contribution in [2.75, 3.05) is 0 Å². The zero-order valence-corrected chi connectivity index (χ0v) is 6.82. The first-order valence-electron chi connectivity index (χ1n) is 2.67. The SMILES string of the molecule is [C-]#[N+]c1c(F)cc(Br)cc1F. The number of hydrogen-bond donors (Lipinski definition) is 0. The van der Waals surface area contributed by atoms with Gasteiger partial charge in [0.15, 0.2) is 0 Å². The van der Waals surface area contributed by atoms with Crippen molar-refractivity contribution in [3.8, 4) is 0 Å². The van der Waals surface area contributed by atoms with E-state index in [0.29, 0.717) is 4.47 Å². The third-order valence-corrected chi connectivity index (χ3v) is 1.55. The summed E-state index contributed by atoms with van der Waals surface area (Å²) in [5.74, 6) is -1.68. The van der Waals surface area contributed by atoms with Crippen LogP contribution in [0, 0.1) is 18.2 Å². The van der Waals surface area contributed by atoms with Crippen molar-refractivity contribution >= 4 is 21.6 Å². The van der Waals surface area contributed by atoms with Gasteiger partial charge >= 0.3 is 0 Å². The average molecular weight is 218 g/mol. The van der Waals surface area contributed by atoms with E-state index in [0.717, 1.165) is 12.1 Å². The molecule has 11 heavy (non-hydrogen) atoms. The molecule has 1 aromatic carbocycles. The molecule has 0 atom stereocenters. The lowest BCUT2D eigenvalue weighted by Crippen LogP contribution is -1.80. The third-order valence-electron chi connectivity index (χ3n) is 1.09. The van der Waals surface area contributed by atoms with Crippen molar-refractivity contribution in [3.63, 3.8) is 0 Å². The highest BCUT2D eigenvalue weighted by Gasteiger charge is 2.09. The average Bonchev–Trinajstić information content (AvgIpc) is 1.85. The molecule has 0 saturated carbocycles. The molecule has 4 heteroatoms. The molecule has 1 aromatic rings. The van der Waals surface area contributed by atoms with E-state index in [1.54, 1.807) is 0 Å². The number of hydrogen-bond acceptors (Lipinski definition) is 0. The van der Waals surface area contributed by atoms with Gasteiger partial charge in [-0.3, -0.25) is 0 Å². The van der Waals surface area contributed by atoms with Gasteiger partial charge in [-0.05, 0) is 12.1 Å². The van der Waals surface area contributed by atoms with Crippen molar-refractivity contribution in [1.29, 1.82) is 0 Å². The van der Waals surface area contributed by atoms with Gasteiger partial charge in [-0.2, -0.15) is 0 Å². The Balaban J connectivity index is 3.40. The first-order valence-corrected chi connectivity index (χ1v) is 3.46. The number of nitrogens with zero attached hydrogens (tertiary/aromatic N) is 1. The molecule has 1 rings (SSSR count). The molecule has 56 valence electrons. The van der Waals surface area contributed by atoms with Crippen LogP contribution in [0.15, 0.2) is 16.6 Å². The normalized spacial score (nSPS) is 9.27. The van der Waals surface area contributed by atoms with Gasteiger partial charge in [0.1, 0.15) is 11.6 Å². The van der Waals surface area contributed by atoms with Crippen LogP contribution in [0.2, 0.25) is 0 Å². The molecule has 1 nitrogen and oxygen atoms in total. The molecule has 0 heterocycles. The molecule has 0 amide bonds. The fourth-order valence-corrected chi connectivity index (χ4v) is 1.04. The van der Waals surface area contributed by atoms with Gasteiger partial charge in [-0.15, -0.1) is 0 Å². The van der Waals surface area contributed by atoms with Crippen molar-refractivity contribution in [2.45, 2.75) is 0 Å². The number of rotatable bonds is 0. The lowest BCUT2D eigenvalue weighted by Gasteiger charge is -1.95. The Labute approximate surface area is 70.6 Å². The molecule has 0 saturated heterocycles. The number of benzene rings is 1. The summed E-state index contributed by atoms with van der Waals surface area (Å²) in [7, 11) is 0. The van der Waals surface area contributed by atoms with Gasteiger partial charge in [0.25, 0.3) is 5.69 Å². The smallest absolute Gasteiger partial charge is 0.232 e. The van der Waals surface area contributed by atoms with Crippen LogP contribution in [0.25, 0.3) is 4.85 Å². The van der Waals surface area contributed by atoms with Crippen LogP contribution in [0.1, 0.15) is 0 Å². The van der Waals surface area contributed by atoms with E-state index in [4.69, 9.17) is 6.57 Å². The summed E-state index contributed by atoms with van der Waals surface area (Å²) in [5, 5.41) is 0. The summed E-state index contributed by atoms with van der Waals surface area (Å²) in [5.41, 5.74) is -0.562. The molecule has 0 aliphatic rings. The minimum Gasteiger partial charge on any atom is -0.232 e. The van der Waals surface area contributed by atoms with E-state index >= 15 is 0 Å². The minimum atomic E-state index is -0.841. The van der Waals surface area contributed by atoms with Crippen molar-refractivity contribution in [3.05, 3.63) is 39.7 Å². The van der Waals surface area contributed by atoms with Crippen molar-refractivity contribution < 1.29 is 8.78 Å². The fourth-order valence-electron chi connectivity index (χ4n) is 0.641. The first kappa shape index (κ1) is 8.15. The molecule has 0 fully saturated rings. The van der Waals surface area contributed by atoms with E-state index in [-0.39, 0.29) is 0 Å². The van der Waals surface area contributed by atoms with E-state index in [2.05, 4.69) is 20.8 Å². The zero-order valence-electron chi connectivity index (χ0n) is 5.24. The fraction of sp³-hybridized carbons (Fsp3) is 0. The van der Waals surface area contributed by atoms with Crippen LogP contribution in [-0.4, -0.2) is 0 Å². The van der Waals surface area contributed by atoms with Crippen molar-refractivity contribution in [1.82, 2.24) is 0 Å². The molecule has 0 aromatic heterocycles. The Bertz CT molecular complexity index is 307. The van der Waals surface area contributed by atoms with Crippen LogP contribution < -0.4 is 0 Å². The Morgan fingerprint density at radius 1 is 1.27 bits per heavy atom. The summed E-state index contributed by atoms with van der Waals surface area (Å²) in [6.45, 7) is 6.43. The Kier molecular flexibility index (Phi) is 2.20. The van der Waals surface area contributed by atoms with Gasteiger partial charge in [0.05, 0.1) is 6.57 Å². The Hall–Kier alpha value is -0.950. The highest BCUT2D eigenvalue weighted by molar-refractivity contribution is 9.10. The molecular weight excluding hydrogens is 216 g/mol. The molecule has 0 spiro atoms.